The van der Waals surface area contributed by atoms with Crippen LogP contribution in [0.25, 0.3) is 0 Å². The van der Waals surface area contributed by atoms with Crippen molar-refractivity contribution in [1.29, 1.82) is 0 Å². The lowest BCUT2D eigenvalue weighted by atomic mass is 10.1. The fourth-order valence-corrected chi connectivity index (χ4v) is 1.91. The molecule has 0 saturated carbocycles. The topological polar surface area (TPSA) is 24.5 Å². The molecule has 1 fully saturated rings. The van der Waals surface area contributed by atoms with Crippen LogP contribution >= 0.6 is 11.6 Å². The molecule has 0 amide bonds. The lowest BCUT2D eigenvalue weighted by Crippen LogP contribution is -2.43. The van der Waals surface area contributed by atoms with E-state index < -0.39 is 0 Å². The largest absolute Gasteiger partial charge is 0.383 e. The van der Waals surface area contributed by atoms with Crippen molar-refractivity contribution in [2.45, 2.75) is 18.9 Å². The predicted molar refractivity (Wildman–Crippen MR) is 64.3 cm³/mol. The van der Waals surface area contributed by atoms with Crippen molar-refractivity contribution in [1.82, 2.24) is 10.2 Å². The highest BCUT2D eigenvalue weighted by molar-refractivity contribution is 6.29. The van der Waals surface area contributed by atoms with Gasteiger partial charge in [-0.2, -0.15) is 0 Å². The molecule has 1 rings (SSSR count). The number of rotatable bonds is 6. The average Bonchev–Trinajstić information content (AvgIpc) is 2.25. The quantitative estimate of drug-likeness (QED) is 0.750. The normalized spacial score (nSPS) is 19.3. The first-order chi connectivity index (χ1) is 7.22. The first kappa shape index (κ1) is 13.0. The molecule has 0 aliphatic carbocycles. The number of hydrogen-bond acceptors (Lipinski definition) is 3. The zero-order valence-electron chi connectivity index (χ0n) is 9.47. The van der Waals surface area contributed by atoms with E-state index in [9.17, 15) is 0 Å². The van der Waals surface area contributed by atoms with Gasteiger partial charge in [-0.25, -0.2) is 0 Å². The van der Waals surface area contributed by atoms with Crippen LogP contribution in [-0.2, 0) is 4.74 Å². The Morgan fingerprint density at radius 2 is 2.20 bits per heavy atom. The molecule has 88 valence electrons. The van der Waals surface area contributed by atoms with Gasteiger partial charge in [0.15, 0.2) is 0 Å². The molecule has 1 heterocycles. The van der Waals surface area contributed by atoms with Gasteiger partial charge in [0.05, 0.1) is 6.61 Å². The highest BCUT2D eigenvalue weighted by atomic mass is 35.5. The molecule has 1 saturated heterocycles. The summed E-state index contributed by atoms with van der Waals surface area (Å²) in [5.74, 6) is 0. The Bertz CT molecular complexity index is 191. The summed E-state index contributed by atoms with van der Waals surface area (Å²) in [5.41, 5.74) is 0. The summed E-state index contributed by atoms with van der Waals surface area (Å²) in [7, 11) is 1.75. The van der Waals surface area contributed by atoms with Crippen molar-refractivity contribution >= 4 is 11.6 Å². The van der Waals surface area contributed by atoms with Crippen LogP contribution in [0.3, 0.4) is 0 Å². The third kappa shape index (κ3) is 5.52. The molecule has 0 bridgehead atoms. The molecule has 0 aromatic rings. The summed E-state index contributed by atoms with van der Waals surface area (Å²) in [6, 6.07) is 0.597. The number of hydrogen-bond donors (Lipinski definition) is 1. The second-order valence-corrected chi connectivity index (χ2v) is 4.54. The number of piperidine rings is 1. The van der Waals surface area contributed by atoms with E-state index in [2.05, 4.69) is 16.8 Å². The van der Waals surface area contributed by atoms with Crippen molar-refractivity contribution in [3.05, 3.63) is 11.6 Å². The molecule has 0 spiro atoms. The van der Waals surface area contributed by atoms with E-state index in [0.29, 0.717) is 11.1 Å². The number of nitrogens with one attached hydrogen (secondary N) is 1. The van der Waals surface area contributed by atoms with Gasteiger partial charge in [0, 0.05) is 31.3 Å². The summed E-state index contributed by atoms with van der Waals surface area (Å²) < 4.78 is 5.06. The fourth-order valence-electron chi connectivity index (χ4n) is 1.84. The summed E-state index contributed by atoms with van der Waals surface area (Å²) in [6.07, 6.45) is 2.38. The average molecular weight is 233 g/mol. The fraction of sp³-hybridized carbons (Fsp3) is 0.818. The molecule has 0 unspecified atom stereocenters. The molecule has 1 N–H and O–H groups in total. The van der Waals surface area contributed by atoms with E-state index in [-0.39, 0.29) is 0 Å². The number of halogens is 1. The van der Waals surface area contributed by atoms with Gasteiger partial charge >= 0.3 is 0 Å². The Morgan fingerprint density at radius 3 is 2.73 bits per heavy atom. The molecule has 0 radical (unpaired) electrons. The first-order valence-electron chi connectivity index (χ1n) is 5.50. The summed E-state index contributed by atoms with van der Waals surface area (Å²) in [5, 5.41) is 4.10. The van der Waals surface area contributed by atoms with E-state index in [0.717, 1.165) is 32.8 Å². The third-order valence-corrected chi connectivity index (χ3v) is 2.92. The summed E-state index contributed by atoms with van der Waals surface area (Å²) >= 11 is 5.71. The highest BCUT2D eigenvalue weighted by Gasteiger charge is 2.17. The minimum Gasteiger partial charge on any atom is -0.383 e. The second-order valence-electron chi connectivity index (χ2n) is 4.01. The van der Waals surface area contributed by atoms with Crippen molar-refractivity contribution in [2.75, 3.05) is 39.9 Å². The van der Waals surface area contributed by atoms with Gasteiger partial charge in [0.25, 0.3) is 0 Å². The second kappa shape index (κ2) is 7.23. The Labute approximate surface area is 97.4 Å². The zero-order valence-corrected chi connectivity index (χ0v) is 10.2. The Morgan fingerprint density at radius 1 is 1.53 bits per heavy atom. The van der Waals surface area contributed by atoms with Crippen LogP contribution in [0.2, 0.25) is 0 Å². The molecule has 0 atom stereocenters. The minimum atomic E-state index is 0.597. The monoisotopic (exact) mass is 232 g/mol. The van der Waals surface area contributed by atoms with Crippen molar-refractivity contribution < 1.29 is 4.74 Å². The van der Waals surface area contributed by atoms with Gasteiger partial charge in [-0.3, -0.25) is 0 Å². The molecule has 0 aromatic heterocycles. The van der Waals surface area contributed by atoms with Crippen LogP contribution in [0.15, 0.2) is 11.6 Å². The Balaban J connectivity index is 2.09. The van der Waals surface area contributed by atoms with E-state index in [1.807, 2.05) is 0 Å². The van der Waals surface area contributed by atoms with Crippen LogP contribution in [0.1, 0.15) is 12.8 Å². The van der Waals surface area contributed by atoms with Crippen molar-refractivity contribution in [3.63, 3.8) is 0 Å². The maximum Gasteiger partial charge on any atom is 0.0589 e. The smallest absolute Gasteiger partial charge is 0.0589 e. The Kier molecular flexibility index (Phi) is 6.25. The number of nitrogens with zero attached hydrogens (tertiary/aromatic N) is 1. The van der Waals surface area contributed by atoms with Gasteiger partial charge in [-0.05, 0) is 25.9 Å². The maximum absolute atomic E-state index is 5.71. The SMILES string of the molecule is C=C(Cl)CNC1CCN(CCOC)CC1. The zero-order chi connectivity index (χ0) is 11.1. The van der Waals surface area contributed by atoms with Gasteiger partial charge in [0.1, 0.15) is 0 Å². The number of methoxy groups -OCH3 is 1. The van der Waals surface area contributed by atoms with E-state index in [4.69, 9.17) is 16.3 Å². The summed E-state index contributed by atoms with van der Waals surface area (Å²) in [6.45, 7) is 8.57. The van der Waals surface area contributed by atoms with Crippen molar-refractivity contribution in [2.24, 2.45) is 0 Å². The highest BCUT2D eigenvalue weighted by Crippen LogP contribution is 2.10. The lowest BCUT2D eigenvalue weighted by Gasteiger charge is -2.32. The maximum atomic E-state index is 5.71. The predicted octanol–water partition coefficient (Wildman–Crippen LogP) is 1.44. The van der Waals surface area contributed by atoms with Gasteiger partial charge in [-0.1, -0.05) is 18.2 Å². The number of likely N-dealkylation sites (tertiary alicyclic amines) is 1. The van der Waals surface area contributed by atoms with E-state index in [1.54, 1.807) is 7.11 Å². The molecule has 15 heavy (non-hydrogen) atoms. The van der Waals surface area contributed by atoms with Crippen molar-refractivity contribution in [3.8, 4) is 0 Å². The minimum absolute atomic E-state index is 0.597. The molecule has 4 heteroatoms. The molecule has 1 aliphatic heterocycles. The third-order valence-electron chi connectivity index (χ3n) is 2.78. The number of ether oxygens (including phenoxy) is 1. The molecular weight excluding hydrogens is 212 g/mol. The molecule has 3 nitrogen and oxygen atoms in total. The van der Waals surface area contributed by atoms with E-state index >= 15 is 0 Å². The molecular formula is C11H21ClN2O. The Hall–Kier alpha value is -0.0900. The van der Waals surface area contributed by atoms with Crippen LogP contribution in [0.5, 0.6) is 0 Å². The first-order valence-corrected chi connectivity index (χ1v) is 5.88. The van der Waals surface area contributed by atoms with Crippen LogP contribution in [0, 0.1) is 0 Å². The van der Waals surface area contributed by atoms with Gasteiger partial charge < -0.3 is 15.0 Å². The lowest BCUT2D eigenvalue weighted by molar-refractivity contribution is 0.126. The molecule has 1 aliphatic rings. The van der Waals surface area contributed by atoms with Crippen LogP contribution in [0.4, 0.5) is 0 Å². The van der Waals surface area contributed by atoms with E-state index in [1.165, 1.54) is 12.8 Å². The summed E-state index contributed by atoms with van der Waals surface area (Å²) in [4.78, 5) is 2.44. The molecule has 0 aromatic carbocycles. The van der Waals surface area contributed by atoms with Gasteiger partial charge in [0.2, 0.25) is 0 Å². The van der Waals surface area contributed by atoms with Crippen LogP contribution in [-0.4, -0.2) is 50.8 Å². The van der Waals surface area contributed by atoms with Gasteiger partial charge in [-0.15, -0.1) is 0 Å². The standard InChI is InChI=1S/C11H21ClN2O/c1-10(12)9-13-11-3-5-14(6-4-11)7-8-15-2/h11,13H,1,3-9H2,2H3. The van der Waals surface area contributed by atoms with Crippen LogP contribution < -0.4 is 5.32 Å².